The number of para-hydroxylation sites is 1. The smallest absolute Gasteiger partial charge is 0.232 e. The van der Waals surface area contributed by atoms with Crippen LogP contribution in [0.1, 0.15) is 27.2 Å². The van der Waals surface area contributed by atoms with Gasteiger partial charge in [-0.2, -0.15) is 0 Å². The molecule has 0 aliphatic rings. The number of hydrogen-bond donors (Lipinski definition) is 2. The van der Waals surface area contributed by atoms with Crippen molar-refractivity contribution in [2.45, 2.75) is 27.2 Å². The van der Waals surface area contributed by atoms with Crippen molar-refractivity contribution < 1.29 is 13.5 Å². The third-order valence-corrected chi connectivity index (χ3v) is 3.95. The lowest BCUT2D eigenvalue weighted by atomic mass is 9.94. The van der Waals surface area contributed by atoms with Gasteiger partial charge in [0.2, 0.25) is 10.0 Å². The molecule has 0 aliphatic heterocycles. The molecule has 0 saturated carbocycles. The Morgan fingerprint density at radius 1 is 1.33 bits per heavy atom. The number of rotatable bonds is 4. The minimum absolute atomic E-state index is 0.00243. The van der Waals surface area contributed by atoms with Gasteiger partial charge >= 0.3 is 0 Å². The van der Waals surface area contributed by atoms with Crippen LogP contribution in [0, 0.1) is 5.41 Å². The summed E-state index contributed by atoms with van der Waals surface area (Å²) in [5.41, 5.74) is 0.0434. The van der Waals surface area contributed by atoms with Crippen LogP contribution in [0.15, 0.2) is 18.2 Å². The third kappa shape index (κ3) is 4.74. The van der Waals surface area contributed by atoms with Crippen LogP contribution in [0.3, 0.4) is 0 Å². The molecule has 4 nitrogen and oxygen atoms in total. The van der Waals surface area contributed by atoms with Crippen LogP contribution in [-0.4, -0.2) is 19.3 Å². The predicted molar refractivity (Wildman–Crippen MR) is 74.6 cm³/mol. The largest absolute Gasteiger partial charge is 0.504 e. The van der Waals surface area contributed by atoms with E-state index in [9.17, 15) is 13.5 Å². The summed E-state index contributed by atoms with van der Waals surface area (Å²) < 4.78 is 26.0. The van der Waals surface area contributed by atoms with Gasteiger partial charge in [0, 0.05) is 0 Å². The van der Waals surface area contributed by atoms with Crippen molar-refractivity contribution in [3.8, 4) is 5.75 Å². The molecule has 1 rings (SSSR count). The first-order valence-electron chi connectivity index (χ1n) is 5.59. The lowest BCUT2D eigenvalue weighted by Crippen LogP contribution is -2.20. The van der Waals surface area contributed by atoms with Crippen molar-refractivity contribution in [1.29, 1.82) is 0 Å². The lowest BCUT2D eigenvalue weighted by Gasteiger charge is -2.18. The fraction of sp³-hybridized carbons (Fsp3) is 0.500. The first kappa shape index (κ1) is 15.1. The first-order valence-corrected chi connectivity index (χ1v) is 7.62. The number of hydrogen-bond acceptors (Lipinski definition) is 3. The summed E-state index contributed by atoms with van der Waals surface area (Å²) in [5.74, 6) is -0.249. The van der Waals surface area contributed by atoms with E-state index in [2.05, 4.69) is 4.72 Å². The maximum atomic E-state index is 11.8. The number of phenolic OH excluding ortho intramolecular Hbond substituents is 1. The van der Waals surface area contributed by atoms with Crippen LogP contribution < -0.4 is 4.72 Å². The average Bonchev–Trinajstić information content (AvgIpc) is 2.21. The highest BCUT2D eigenvalue weighted by molar-refractivity contribution is 7.92. The van der Waals surface area contributed by atoms with Gasteiger partial charge in [0.1, 0.15) is 0 Å². The van der Waals surface area contributed by atoms with E-state index in [1.54, 1.807) is 6.07 Å². The summed E-state index contributed by atoms with van der Waals surface area (Å²) in [6.07, 6.45) is 0.531. The van der Waals surface area contributed by atoms with Gasteiger partial charge in [-0.3, -0.25) is 4.72 Å². The van der Waals surface area contributed by atoms with Crippen molar-refractivity contribution in [3.63, 3.8) is 0 Å². The molecule has 0 unspecified atom stereocenters. The molecule has 0 aliphatic carbocycles. The Kier molecular flexibility index (Phi) is 4.50. The molecule has 2 N–H and O–H groups in total. The fourth-order valence-electron chi connectivity index (χ4n) is 1.26. The second-order valence-electron chi connectivity index (χ2n) is 5.37. The fourth-order valence-corrected chi connectivity index (χ4v) is 2.91. The van der Waals surface area contributed by atoms with Crippen LogP contribution in [0.5, 0.6) is 5.75 Å². The SMILES string of the molecule is CC(C)(C)CCS(=O)(=O)Nc1cccc(Cl)c1O. The van der Waals surface area contributed by atoms with Crippen molar-refractivity contribution in [1.82, 2.24) is 0 Å². The monoisotopic (exact) mass is 291 g/mol. The van der Waals surface area contributed by atoms with E-state index in [1.165, 1.54) is 12.1 Å². The zero-order valence-electron chi connectivity index (χ0n) is 10.7. The highest BCUT2D eigenvalue weighted by Crippen LogP contribution is 2.32. The summed E-state index contributed by atoms with van der Waals surface area (Å²) in [7, 11) is -3.48. The van der Waals surface area contributed by atoms with Gasteiger partial charge in [-0.1, -0.05) is 38.4 Å². The van der Waals surface area contributed by atoms with Crippen molar-refractivity contribution in [2.75, 3.05) is 10.5 Å². The summed E-state index contributed by atoms with van der Waals surface area (Å²) in [6, 6.07) is 4.53. The van der Waals surface area contributed by atoms with Crippen LogP contribution >= 0.6 is 11.6 Å². The molecular formula is C12H18ClNO3S. The van der Waals surface area contributed by atoms with E-state index in [-0.39, 0.29) is 27.6 Å². The molecule has 1 aromatic rings. The maximum absolute atomic E-state index is 11.8. The van der Waals surface area contributed by atoms with Gasteiger partial charge in [-0.05, 0) is 24.0 Å². The summed E-state index contributed by atoms with van der Waals surface area (Å²) in [6.45, 7) is 5.91. The number of aromatic hydroxyl groups is 1. The molecule has 6 heteroatoms. The van der Waals surface area contributed by atoms with Gasteiger partial charge in [0.25, 0.3) is 0 Å². The number of sulfonamides is 1. The molecule has 0 amide bonds. The third-order valence-electron chi connectivity index (χ3n) is 2.37. The molecule has 0 saturated heterocycles. The Morgan fingerprint density at radius 2 is 1.94 bits per heavy atom. The minimum atomic E-state index is -3.48. The Bertz CT molecular complexity index is 521. The molecule has 0 bridgehead atoms. The number of anilines is 1. The van der Waals surface area contributed by atoms with E-state index in [0.29, 0.717) is 6.42 Å². The lowest BCUT2D eigenvalue weighted by molar-refractivity contribution is 0.397. The molecular weight excluding hydrogens is 274 g/mol. The molecule has 0 atom stereocenters. The second-order valence-corrected chi connectivity index (χ2v) is 7.62. The standard InChI is InChI=1S/C12H18ClNO3S/c1-12(2,3)7-8-18(16,17)14-10-6-4-5-9(13)11(10)15/h4-6,14-15H,7-8H2,1-3H3. The van der Waals surface area contributed by atoms with E-state index >= 15 is 0 Å². The van der Waals surface area contributed by atoms with Crippen molar-refractivity contribution >= 4 is 27.3 Å². The minimum Gasteiger partial charge on any atom is -0.504 e. The van der Waals surface area contributed by atoms with Crippen LogP contribution in [-0.2, 0) is 10.0 Å². The van der Waals surface area contributed by atoms with E-state index < -0.39 is 10.0 Å². The highest BCUT2D eigenvalue weighted by atomic mass is 35.5. The van der Waals surface area contributed by atoms with Crippen LogP contribution in [0.2, 0.25) is 5.02 Å². The Balaban J connectivity index is 2.80. The average molecular weight is 292 g/mol. The number of nitrogens with one attached hydrogen (secondary N) is 1. The topological polar surface area (TPSA) is 66.4 Å². The van der Waals surface area contributed by atoms with E-state index in [4.69, 9.17) is 11.6 Å². The predicted octanol–water partition coefficient (Wildman–Crippen LogP) is 3.22. The van der Waals surface area contributed by atoms with Gasteiger partial charge < -0.3 is 5.11 Å². The van der Waals surface area contributed by atoms with Crippen molar-refractivity contribution in [2.24, 2.45) is 5.41 Å². The molecule has 102 valence electrons. The molecule has 0 fully saturated rings. The molecule has 1 aromatic carbocycles. The maximum Gasteiger partial charge on any atom is 0.232 e. The van der Waals surface area contributed by atoms with Crippen molar-refractivity contribution in [3.05, 3.63) is 23.2 Å². The van der Waals surface area contributed by atoms with Crippen LogP contribution in [0.25, 0.3) is 0 Å². The normalized spacial score (nSPS) is 12.4. The summed E-state index contributed by atoms with van der Waals surface area (Å²) in [5, 5.41) is 9.75. The van der Waals surface area contributed by atoms with Crippen LogP contribution in [0.4, 0.5) is 5.69 Å². The number of benzene rings is 1. The van der Waals surface area contributed by atoms with E-state index in [0.717, 1.165) is 0 Å². The zero-order valence-corrected chi connectivity index (χ0v) is 12.3. The molecule has 0 spiro atoms. The highest BCUT2D eigenvalue weighted by Gasteiger charge is 2.18. The molecule has 18 heavy (non-hydrogen) atoms. The molecule has 0 aromatic heterocycles. The van der Waals surface area contributed by atoms with Gasteiger partial charge in [-0.15, -0.1) is 0 Å². The van der Waals surface area contributed by atoms with Gasteiger partial charge in [0.15, 0.2) is 5.75 Å². The van der Waals surface area contributed by atoms with Gasteiger partial charge in [-0.25, -0.2) is 8.42 Å². The quantitative estimate of drug-likeness (QED) is 0.837. The molecule has 0 heterocycles. The Labute approximate surface area is 113 Å². The first-order chi connectivity index (χ1) is 8.11. The number of phenols is 1. The summed E-state index contributed by atoms with van der Waals surface area (Å²) >= 11 is 5.71. The van der Waals surface area contributed by atoms with E-state index in [1.807, 2.05) is 20.8 Å². The second kappa shape index (κ2) is 5.36. The summed E-state index contributed by atoms with van der Waals surface area (Å²) in [4.78, 5) is 0. The Hall–Kier alpha value is -0.940. The molecule has 0 radical (unpaired) electrons. The number of halogens is 1. The zero-order chi connectivity index (χ0) is 14.0. The Morgan fingerprint density at radius 3 is 2.50 bits per heavy atom. The van der Waals surface area contributed by atoms with Gasteiger partial charge in [0.05, 0.1) is 16.5 Å².